The van der Waals surface area contributed by atoms with Crippen LogP contribution in [0.3, 0.4) is 0 Å². The van der Waals surface area contributed by atoms with Crippen LogP contribution in [0.15, 0.2) is 175 Å². The second kappa shape index (κ2) is 11.1. The summed E-state index contributed by atoms with van der Waals surface area (Å²) in [5.74, 6) is 2.19. The van der Waals surface area contributed by atoms with Crippen LogP contribution in [0, 0.1) is 5.92 Å². The van der Waals surface area contributed by atoms with E-state index in [0.29, 0.717) is 17.5 Å². The molecule has 0 saturated heterocycles. The Morgan fingerprint density at radius 2 is 1.04 bits per heavy atom. The lowest BCUT2D eigenvalue weighted by atomic mass is 9.97. The molecular formula is C44H29N5. The van der Waals surface area contributed by atoms with E-state index in [1.54, 1.807) is 0 Å². The second-order valence-electron chi connectivity index (χ2n) is 12.7. The molecule has 0 radical (unpaired) electrons. The van der Waals surface area contributed by atoms with Gasteiger partial charge in [-0.05, 0) is 58.0 Å². The highest BCUT2D eigenvalue weighted by atomic mass is 15.2. The number of benzene rings is 6. The van der Waals surface area contributed by atoms with E-state index in [-0.39, 0.29) is 12.0 Å². The Hall–Kier alpha value is -6.46. The first-order valence-corrected chi connectivity index (χ1v) is 16.6. The normalized spacial score (nSPS) is 17.4. The Morgan fingerprint density at radius 1 is 0.469 bits per heavy atom. The molecule has 0 spiro atoms. The monoisotopic (exact) mass is 627 g/mol. The number of para-hydroxylation sites is 2. The minimum Gasteiger partial charge on any atom is -0.330 e. The zero-order valence-electron chi connectivity index (χ0n) is 26.5. The van der Waals surface area contributed by atoms with Crippen molar-refractivity contribution in [2.24, 2.45) is 10.9 Å². The molecule has 230 valence electrons. The highest BCUT2D eigenvalue weighted by Crippen LogP contribution is 2.45. The molecule has 1 aromatic heterocycles. The lowest BCUT2D eigenvalue weighted by Gasteiger charge is -2.35. The molecule has 6 aromatic carbocycles. The second-order valence-corrected chi connectivity index (χ2v) is 12.7. The van der Waals surface area contributed by atoms with E-state index >= 15 is 0 Å². The lowest BCUT2D eigenvalue weighted by molar-refractivity contribution is 0.699. The van der Waals surface area contributed by atoms with Crippen LogP contribution in [0.4, 0.5) is 11.4 Å². The van der Waals surface area contributed by atoms with Gasteiger partial charge in [-0.3, -0.25) is 0 Å². The lowest BCUT2D eigenvalue weighted by Crippen LogP contribution is -2.36. The van der Waals surface area contributed by atoms with Crippen LogP contribution in [-0.2, 0) is 0 Å². The summed E-state index contributed by atoms with van der Waals surface area (Å²) in [4.78, 5) is 23.0. The van der Waals surface area contributed by atoms with Crippen LogP contribution in [0.5, 0.6) is 0 Å². The summed E-state index contributed by atoms with van der Waals surface area (Å²) in [5.41, 5.74) is 8.03. The summed E-state index contributed by atoms with van der Waals surface area (Å²) in [5, 5.41) is 4.65. The Kier molecular flexibility index (Phi) is 6.24. The van der Waals surface area contributed by atoms with E-state index in [1.165, 1.54) is 10.8 Å². The Balaban J connectivity index is 1.13. The SMILES string of the molecule is C1=CC2C=C3C(c4cccc(-c5nc(-c6ccc7ccccc7c6)nc(-c6ccc7ccccc7c6)n5)c4)=Nc4ccccc4N3C2C=C1. The molecule has 1 aliphatic carbocycles. The largest absolute Gasteiger partial charge is 0.330 e. The fraction of sp³-hybridized carbons (Fsp3) is 0.0455. The third-order valence-corrected chi connectivity index (χ3v) is 9.72. The first kappa shape index (κ1) is 27.6. The van der Waals surface area contributed by atoms with Gasteiger partial charge in [-0.25, -0.2) is 19.9 Å². The third kappa shape index (κ3) is 4.70. The van der Waals surface area contributed by atoms with Gasteiger partial charge in [0.05, 0.1) is 28.8 Å². The molecule has 0 saturated carbocycles. The fourth-order valence-electron chi connectivity index (χ4n) is 7.31. The van der Waals surface area contributed by atoms with Crippen molar-refractivity contribution in [2.75, 3.05) is 4.90 Å². The van der Waals surface area contributed by atoms with Crippen LogP contribution in [0.1, 0.15) is 5.56 Å². The number of anilines is 1. The minimum absolute atomic E-state index is 0.229. The van der Waals surface area contributed by atoms with Crippen molar-refractivity contribution in [3.63, 3.8) is 0 Å². The van der Waals surface area contributed by atoms with Gasteiger partial charge in [0.1, 0.15) is 0 Å². The van der Waals surface area contributed by atoms with Crippen molar-refractivity contribution in [3.8, 4) is 34.2 Å². The van der Waals surface area contributed by atoms with Gasteiger partial charge in [-0.15, -0.1) is 0 Å². The number of aliphatic imine (C=N–C) groups is 1. The van der Waals surface area contributed by atoms with Gasteiger partial charge in [0.15, 0.2) is 17.5 Å². The average molecular weight is 628 g/mol. The molecule has 0 fully saturated rings. The predicted octanol–water partition coefficient (Wildman–Crippen LogP) is 10.1. The molecule has 10 rings (SSSR count). The van der Waals surface area contributed by atoms with E-state index in [1.807, 2.05) is 0 Å². The quantitative estimate of drug-likeness (QED) is 0.195. The molecule has 0 N–H and O–H groups in total. The maximum Gasteiger partial charge on any atom is 0.164 e. The van der Waals surface area contributed by atoms with E-state index in [9.17, 15) is 0 Å². The van der Waals surface area contributed by atoms with Crippen LogP contribution in [0.25, 0.3) is 55.7 Å². The fourth-order valence-corrected chi connectivity index (χ4v) is 7.31. The molecule has 2 unspecified atom stereocenters. The molecule has 3 aliphatic rings. The van der Waals surface area contributed by atoms with Crippen molar-refractivity contribution >= 4 is 38.6 Å². The Bertz CT molecular complexity index is 2500. The molecule has 5 nitrogen and oxygen atoms in total. The van der Waals surface area contributed by atoms with Gasteiger partial charge in [-0.2, -0.15) is 0 Å². The van der Waals surface area contributed by atoms with Gasteiger partial charge in [0, 0.05) is 28.2 Å². The number of hydrogen-bond acceptors (Lipinski definition) is 5. The standard InChI is InChI=1S/C44H29N5/c1-3-12-30-24-35(22-20-28(30)10-1)43-46-42(47-44(48-43)36-23-21-29-11-2-4-13-31(29)25-36)34-16-9-15-33(26-34)41-40-27-32-14-5-7-18-38(32)49(40)39-19-8-6-17-37(39)45-41/h1-27,32,38H. The van der Waals surface area contributed by atoms with Crippen molar-refractivity contribution in [1.82, 2.24) is 15.0 Å². The Morgan fingerprint density at radius 3 is 1.73 bits per heavy atom. The van der Waals surface area contributed by atoms with Gasteiger partial charge in [0.2, 0.25) is 0 Å². The van der Waals surface area contributed by atoms with Crippen LogP contribution in [-0.4, -0.2) is 26.7 Å². The van der Waals surface area contributed by atoms with Gasteiger partial charge in [-0.1, -0.05) is 127 Å². The molecule has 49 heavy (non-hydrogen) atoms. The molecule has 0 amide bonds. The highest BCUT2D eigenvalue weighted by molar-refractivity contribution is 6.19. The molecule has 5 heteroatoms. The summed E-state index contributed by atoms with van der Waals surface area (Å²) in [6.45, 7) is 0. The predicted molar refractivity (Wildman–Crippen MR) is 200 cm³/mol. The van der Waals surface area contributed by atoms with E-state index in [4.69, 9.17) is 19.9 Å². The van der Waals surface area contributed by atoms with E-state index < -0.39 is 0 Å². The van der Waals surface area contributed by atoms with Gasteiger partial charge < -0.3 is 4.90 Å². The third-order valence-electron chi connectivity index (χ3n) is 9.72. The maximum atomic E-state index is 5.24. The van der Waals surface area contributed by atoms with Crippen molar-refractivity contribution in [2.45, 2.75) is 6.04 Å². The summed E-state index contributed by atoms with van der Waals surface area (Å²) < 4.78 is 0. The molecule has 2 aliphatic heterocycles. The van der Waals surface area contributed by atoms with Gasteiger partial charge >= 0.3 is 0 Å². The molecule has 0 bridgehead atoms. The molecular weight excluding hydrogens is 599 g/mol. The Labute approximate surface area is 284 Å². The number of fused-ring (bicyclic) bond motifs is 7. The number of rotatable bonds is 4. The number of allylic oxidation sites excluding steroid dienone is 3. The maximum absolute atomic E-state index is 5.24. The summed E-state index contributed by atoms with van der Waals surface area (Å²) in [6, 6.07) is 46.6. The van der Waals surface area contributed by atoms with Crippen molar-refractivity contribution in [3.05, 3.63) is 175 Å². The average Bonchev–Trinajstić information content (AvgIpc) is 3.57. The van der Waals surface area contributed by atoms with E-state index in [0.717, 1.165) is 55.8 Å². The van der Waals surface area contributed by atoms with Crippen LogP contribution < -0.4 is 4.90 Å². The first-order chi connectivity index (χ1) is 24.2. The zero-order chi connectivity index (χ0) is 32.3. The summed E-state index contributed by atoms with van der Waals surface area (Å²) >= 11 is 0. The zero-order valence-corrected chi connectivity index (χ0v) is 26.5. The molecule has 3 heterocycles. The van der Waals surface area contributed by atoms with Crippen molar-refractivity contribution < 1.29 is 0 Å². The number of hydrogen-bond donors (Lipinski definition) is 0. The van der Waals surface area contributed by atoms with Crippen LogP contribution >= 0.6 is 0 Å². The number of aromatic nitrogens is 3. The highest BCUT2D eigenvalue weighted by Gasteiger charge is 2.39. The molecule has 7 aromatic rings. The smallest absolute Gasteiger partial charge is 0.164 e. The van der Waals surface area contributed by atoms with E-state index in [2.05, 4.69) is 169 Å². The van der Waals surface area contributed by atoms with Crippen LogP contribution in [0.2, 0.25) is 0 Å². The van der Waals surface area contributed by atoms with Crippen molar-refractivity contribution in [1.29, 1.82) is 0 Å². The first-order valence-electron chi connectivity index (χ1n) is 16.6. The topological polar surface area (TPSA) is 54.3 Å². The minimum atomic E-state index is 0.229. The summed E-state index contributed by atoms with van der Waals surface area (Å²) in [7, 11) is 0. The summed E-state index contributed by atoms with van der Waals surface area (Å²) in [6.07, 6.45) is 11.2. The molecule has 2 atom stereocenters. The van der Waals surface area contributed by atoms with Gasteiger partial charge in [0.25, 0.3) is 0 Å². The number of nitrogens with zero attached hydrogens (tertiary/aromatic N) is 5.